The maximum atomic E-state index is 14.4. The number of carbonyl (C=O) groups excluding carboxylic acids is 2. The van der Waals surface area contributed by atoms with Crippen molar-refractivity contribution < 1.29 is 9.59 Å². The molecule has 0 saturated carbocycles. The van der Waals surface area contributed by atoms with Crippen molar-refractivity contribution in [2.75, 3.05) is 11.4 Å². The molecule has 37 heavy (non-hydrogen) atoms. The van der Waals surface area contributed by atoms with Gasteiger partial charge in [0, 0.05) is 16.1 Å². The van der Waals surface area contributed by atoms with Crippen LogP contribution in [0.1, 0.15) is 24.2 Å². The van der Waals surface area contributed by atoms with Gasteiger partial charge in [-0.05, 0) is 61.9 Å². The number of benzene rings is 3. The van der Waals surface area contributed by atoms with E-state index in [9.17, 15) is 14.4 Å². The first kappa shape index (κ1) is 21.5. The number of halogens is 1. The second kappa shape index (κ2) is 7.24. The highest BCUT2D eigenvalue weighted by molar-refractivity contribution is 9.10. The zero-order valence-electron chi connectivity index (χ0n) is 19.7. The largest absolute Gasteiger partial charge is 0.283 e. The summed E-state index contributed by atoms with van der Waals surface area (Å²) in [4.78, 5) is 51.1. The lowest BCUT2D eigenvalue weighted by molar-refractivity contribution is -0.124. The highest BCUT2D eigenvalue weighted by atomic mass is 79.9. The van der Waals surface area contributed by atoms with Crippen LogP contribution in [0.5, 0.6) is 0 Å². The van der Waals surface area contributed by atoms with Crippen molar-refractivity contribution in [2.24, 2.45) is 11.8 Å². The number of aromatic nitrogens is 2. The lowest BCUT2D eigenvalue weighted by Crippen LogP contribution is -2.51. The lowest BCUT2D eigenvalue weighted by Gasteiger charge is -2.38. The van der Waals surface area contributed by atoms with E-state index in [1.165, 1.54) is 4.90 Å². The van der Waals surface area contributed by atoms with Gasteiger partial charge in [-0.3, -0.25) is 23.9 Å². The summed E-state index contributed by atoms with van der Waals surface area (Å²) < 4.78 is 2.57. The molecule has 4 aliphatic rings. The smallest absolute Gasteiger partial charge is 0.266 e. The molecule has 8 rings (SSSR count). The van der Waals surface area contributed by atoms with Crippen LogP contribution in [0.2, 0.25) is 0 Å². The molecule has 0 bridgehead atoms. The van der Waals surface area contributed by atoms with Crippen molar-refractivity contribution in [1.82, 2.24) is 14.5 Å². The summed E-state index contributed by atoms with van der Waals surface area (Å²) in [5, 5.41) is 0.538. The zero-order valence-corrected chi connectivity index (χ0v) is 21.3. The molecule has 3 aromatic carbocycles. The van der Waals surface area contributed by atoms with Gasteiger partial charge in [-0.1, -0.05) is 46.3 Å². The first-order valence-electron chi connectivity index (χ1n) is 12.6. The van der Waals surface area contributed by atoms with E-state index in [0.29, 0.717) is 22.4 Å². The number of carbonyl (C=O) groups is 2. The highest BCUT2D eigenvalue weighted by Crippen LogP contribution is 2.62. The molecule has 2 amide bonds. The van der Waals surface area contributed by atoms with E-state index in [1.54, 1.807) is 22.8 Å². The van der Waals surface area contributed by atoms with Crippen LogP contribution in [0.15, 0.2) is 82.1 Å². The van der Waals surface area contributed by atoms with Gasteiger partial charge in [-0.2, -0.15) is 0 Å². The molecule has 0 aliphatic carbocycles. The lowest BCUT2D eigenvalue weighted by atomic mass is 9.75. The molecule has 182 valence electrons. The quantitative estimate of drug-likeness (QED) is 0.334. The standard InChI is InChI=1S/C29H21BrN4O3/c30-16-11-13-17(14-12-16)33-26(36)23-22-10-5-15-32(22)29(24(23)27(33)37)19-7-2-4-9-21(19)34-25(35)18-6-1-3-8-20(18)31-28(29)34/h1-4,6-9,11-14,22-24H,5,10,15H2. The number of rotatable bonds is 1. The Morgan fingerprint density at radius 2 is 1.65 bits per heavy atom. The minimum Gasteiger partial charge on any atom is -0.283 e. The number of fused-ring (bicyclic) bond motifs is 11. The normalized spacial score (nSPS) is 27.7. The molecule has 1 aromatic heterocycles. The highest BCUT2D eigenvalue weighted by Gasteiger charge is 2.73. The Hall–Kier alpha value is -3.62. The summed E-state index contributed by atoms with van der Waals surface area (Å²) in [5.41, 5.74) is 1.67. The van der Waals surface area contributed by atoms with Crippen LogP contribution < -0.4 is 10.5 Å². The Balaban J connectivity index is 1.45. The molecule has 4 aromatic rings. The molecule has 0 N–H and O–H groups in total. The molecule has 4 unspecified atom stereocenters. The second-order valence-electron chi connectivity index (χ2n) is 10.3. The van der Waals surface area contributed by atoms with Gasteiger partial charge < -0.3 is 0 Å². The molecule has 5 heterocycles. The molecule has 3 fully saturated rings. The van der Waals surface area contributed by atoms with Crippen LogP contribution >= 0.6 is 15.9 Å². The zero-order chi connectivity index (χ0) is 25.1. The first-order chi connectivity index (χ1) is 18.0. The van der Waals surface area contributed by atoms with Crippen molar-refractivity contribution >= 4 is 44.3 Å². The summed E-state index contributed by atoms with van der Waals surface area (Å²) in [7, 11) is 0. The molecule has 3 saturated heterocycles. The van der Waals surface area contributed by atoms with Gasteiger partial charge in [0.25, 0.3) is 5.56 Å². The fourth-order valence-corrected chi connectivity index (χ4v) is 7.72. The molecular weight excluding hydrogens is 532 g/mol. The second-order valence-corrected chi connectivity index (χ2v) is 11.2. The number of nitrogens with zero attached hydrogens (tertiary/aromatic N) is 4. The molecule has 1 spiro atoms. The summed E-state index contributed by atoms with van der Waals surface area (Å²) >= 11 is 3.45. The van der Waals surface area contributed by atoms with Gasteiger partial charge in [-0.15, -0.1) is 0 Å². The van der Waals surface area contributed by atoms with Crippen molar-refractivity contribution in [3.8, 4) is 5.69 Å². The third kappa shape index (κ3) is 2.45. The van der Waals surface area contributed by atoms with Gasteiger partial charge in [0.15, 0.2) is 0 Å². The van der Waals surface area contributed by atoms with Crippen LogP contribution in [0, 0.1) is 11.8 Å². The van der Waals surface area contributed by atoms with E-state index in [2.05, 4.69) is 20.8 Å². The molecular formula is C29H21BrN4O3. The predicted molar refractivity (Wildman–Crippen MR) is 141 cm³/mol. The molecule has 4 aliphatic heterocycles. The molecule has 8 heteroatoms. The van der Waals surface area contributed by atoms with E-state index < -0.39 is 17.4 Å². The maximum absolute atomic E-state index is 14.4. The number of para-hydroxylation sites is 2. The Kier molecular flexibility index (Phi) is 4.20. The number of anilines is 1. The van der Waals surface area contributed by atoms with Gasteiger partial charge in [0.2, 0.25) is 11.8 Å². The molecule has 7 nitrogen and oxygen atoms in total. The third-order valence-electron chi connectivity index (χ3n) is 8.73. The molecule has 0 radical (unpaired) electrons. The Labute approximate surface area is 220 Å². The van der Waals surface area contributed by atoms with Crippen LogP contribution in [-0.4, -0.2) is 38.9 Å². The van der Waals surface area contributed by atoms with Gasteiger partial charge in [0.05, 0.1) is 34.1 Å². The number of amides is 2. The summed E-state index contributed by atoms with van der Waals surface area (Å²) in [6.45, 7) is 0.744. The van der Waals surface area contributed by atoms with Crippen molar-refractivity contribution in [3.05, 3.63) is 99.0 Å². The van der Waals surface area contributed by atoms with Gasteiger partial charge in [0.1, 0.15) is 11.4 Å². The number of hydrogen-bond donors (Lipinski definition) is 0. The van der Waals surface area contributed by atoms with Gasteiger partial charge in [-0.25, -0.2) is 9.88 Å². The maximum Gasteiger partial charge on any atom is 0.266 e. The van der Waals surface area contributed by atoms with Crippen molar-refractivity contribution in [1.29, 1.82) is 0 Å². The van der Waals surface area contributed by atoms with Gasteiger partial charge >= 0.3 is 0 Å². The topological polar surface area (TPSA) is 75.5 Å². The average molecular weight is 553 g/mol. The summed E-state index contributed by atoms with van der Waals surface area (Å²) in [6, 6.07) is 22.3. The van der Waals surface area contributed by atoms with E-state index >= 15 is 0 Å². The number of imide groups is 1. The van der Waals surface area contributed by atoms with Crippen LogP contribution in [0.3, 0.4) is 0 Å². The van der Waals surface area contributed by atoms with E-state index in [0.717, 1.165) is 35.1 Å². The number of hydrogen-bond acceptors (Lipinski definition) is 5. The van der Waals surface area contributed by atoms with Crippen LogP contribution in [0.25, 0.3) is 16.6 Å². The minimum atomic E-state index is -0.984. The summed E-state index contributed by atoms with van der Waals surface area (Å²) in [5.74, 6) is -1.00. The van der Waals surface area contributed by atoms with Crippen LogP contribution in [-0.2, 0) is 15.1 Å². The molecule has 4 atom stereocenters. The average Bonchev–Trinajstić information content (AvgIpc) is 3.62. The predicted octanol–water partition coefficient (Wildman–Crippen LogP) is 3.99. The SMILES string of the molecule is O=C1C2C3CCCN3C3(c4ccccc4-n4c3nc3ccccc3c4=O)C2C(=O)N1c1ccc(Br)cc1. The van der Waals surface area contributed by atoms with E-state index in [-0.39, 0.29) is 23.4 Å². The third-order valence-corrected chi connectivity index (χ3v) is 9.25. The van der Waals surface area contributed by atoms with Crippen molar-refractivity contribution in [3.63, 3.8) is 0 Å². The summed E-state index contributed by atoms with van der Waals surface area (Å²) in [6.07, 6.45) is 1.76. The fourth-order valence-electron chi connectivity index (χ4n) is 7.46. The van der Waals surface area contributed by atoms with Crippen LogP contribution in [0.4, 0.5) is 5.69 Å². The van der Waals surface area contributed by atoms with Crippen molar-refractivity contribution in [2.45, 2.75) is 24.4 Å². The fraction of sp³-hybridized carbons (Fsp3) is 0.241. The first-order valence-corrected chi connectivity index (χ1v) is 13.3. The Morgan fingerprint density at radius 3 is 2.49 bits per heavy atom. The monoisotopic (exact) mass is 552 g/mol. The van der Waals surface area contributed by atoms with E-state index in [1.807, 2.05) is 54.6 Å². The van der Waals surface area contributed by atoms with E-state index in [4.69, 9.17) is 4.98 Å². The Morgan fingerprint density at radius 1 is 0.892 bits per heavy atom. The minimum absolute atomic E-state index is 0.0927. The Bertz CT molecular complexity index is 1730.